The standard InChI is InChI=1S/C19H27N3O2/c23-18(21-13-17-10-5-11-20-17)15-8-4-9-16(12-15)22-19(24)14-6-2-1-3-7-14/h4,8-9,12,14,17,20H,1-3,5-7,10-11,13H2,(H,21,23)(H,22,24). The van der Waals surface area contributed by atoms with Crippen molar-refractivity contribution >= 4 is 17.5 Å². The molecule has 1 saturated carbocycles. The number of carbonyl (C=O) groups excluding carboxylic acids is 2. The van der Waals surface area contributed by atoms with Crippen LogP contribution in [0.15, 0.2) is 24.3 Å². The van der Waals surface area contributed by atoms with Crippen LogP contribution in [0.1, 0.15) is 55.3 Å². The third-order valence-corrected chi connectivity index (χ3v) is 5.04. The van der Waals surface area contributed by atoms with Crippen molar-refractivity contribution in [3.63, 3.8) is 0 Å². The van der Waals surface area contributed by atoms with Crippen molar-refractivity contribution in [1.82, 2.24) is 10.6 Å². The van der Waals surface area contributed by atoms with E-state index < -0.39 is 0 Å². The predicted molar refractivity (Wildman–Crippen MR) is 95.0 cm³/mol. The smallest absolute Gasteiger partial charge is 0.251 e. The van der Waals surface area contributed by atoms with Crippen molar-refractivity contribution in [3.05, 3.63) is 29.8 Å². The van der Waals surface area contributed by atoms with Crippen LogP contribution in [0.5, 0.6) is 0 Å². The fourth-order valence-electron chi connectivity index (χ4n) is 3.60. The predicted octanol–water partition coefficient (Wildman–Crippen LogP) is 2.69. The van der Waals surface area contributed by atoms with Gasteiger partial charge >= 0.3 is 0 Å². The van der Waals surface area contributed by atoms with Crippen LogP contribution >= 0.6 is 0 Å². The number of carbonyl (C=O) groups is 2. The lowest BCUT2D eigenvalue weighted by atomic mass is 9.88. The van der Waals surface area contributed by atoms with E-state index >= 15 is 0 Å². The van der Waals surface area contributed by atoms with Gasteiger partial charge in [0.05, 0.1) is 0 Å². The summed E-state index contributed by atoms with van der Waals surface area (Å²) < 4.78 is 0. The highest BCUT2D eigenvalue weighted by Crippen LogP contribution is 2.25. The third kappa shape index (κ3) is 4.57. The van der Waals surface area contributed by atoms with Gasteiger partial charge in [-0.2, -0.15) is 0 Å². The van der Waals surface area contributed by atoms with E-state index in [2.05, 4.69) is 16.0 Å². The zero-order valence-electron chi connectivity index (χ0n) is 14.1. The quantitative estimate of drug-likeness (QED) is 0.778. The number of hydrogen-bond acceptors (Lipinski definition) is 3. The van der Waals surface area contributed by atoms with Gasteiger partial charge in [0.1, 0.15) is 0 Å². The highest BCUT2D eigenvalue weighted by molar-refractivity contribution is 5.97. The fourth-order valence-corrected chi connectivity index (χ4v) is 3.60. The first-order valence-electron chi connectivity index (χ1n) is 9.15. The van der Waals surface area contributed by atoms with Gasteiger partial charge < -0.3 is 16.0 Å². The first kappa shape index (κ1) is 17.0. The van der Waals surface area contributed by atoms with Crippen LogP contribution in [-0.4, -0.2) is 30.9 Å². The average Bonchev–Trinajstić information content (AvgIpc) is 3.14. The highest BCUT2D eigenvalue weighted by atomic mass is 16.2. The Labute approximate surface area is 143 Å². The Morgan fingerprint density at radius 1 is 1.08 bits per heavy atom. The largest absolute Gasteiger partial charge is 0.350 e. The van der Waals surface area contributed by atoms with E-state index in [0.717, 1.165) is 38.6 Å². The van der Waals surface area contributed by atoms with Gasteiger partial charge in [0.2, 0.25) is 5.91 Å². The fraction of sp³-hybridized carbons (Fsp3) is 0.579. The molecule has 5 nitrogen and oxygen atoms in total. The second kappa shape index (κ2) is 8.29. The van der Waals surface area contributed by atoms with Gasteiger partial charge in [-0.3, -0.25) is 9.59 Å². The molecule has 1 aliphatic heterocycles. The van der Waals surface area contributed by atoms with Crippen molar-refractivity contribution in [2.24, 2.45) is 5.92 Å². The minimum Gasteiger partial charge on any atom is -0.350 e. The molecule has 2 amide bonds. The summed E-state index contributed by atoms with van der Waals surface area (Å²) in [6, 6.07) is 7.59. The van der Waals surface area contributed by atoms with Crippen molar-refractivity contribution in [2.75, 3.05) is 18.4 Å². The number of benzene rings is 1. The monoisotopic (exact) mass is 329 g/mol. The number of amides is 2. The van der Waals surface area contributed by atoms with Crippen LogP contribution in [0.25, 0.3) is 0 Å². The zero-order valence-corrected chi connectivity index (χ0v) is 14.1. The van der Waals surface area contributed by atoms with Crippen molar-refractivity contribution in [2.45, 2.75) is 51.0 Å². The Morgan fingerprint density at radius 2 is 1.92 bits per heavy atom. The Hall–Kier alpha value is -1.88. The molecule has 24 heavy (non-hydrogen) atoms. The van der Waals surface area contributed by atoms with Crippen LogP contribution in [-0.2, 0) is 4.79 Å². The zero-order chi connectivity index (χ0) is 16.8. The average molecular weight is 329 g/mol. The molecule has 3 rings (SSSR count). The van der Waals surface area contributed by atoms with Crippen LogP contribution in [0, 0.1) is 5.92 Å². The van der Waals surface area contributed by atoms with Gasteiger partial charge in [0.25, 0.3) is 5.91 Å². The number of rotatable bonds is 5. The second-order valence-corrected chi connectivity index (χ2v) is 6.91. The second-order valence-electron chi connectivity index (χ2n) is 6.91. The lowest BCUT2D eigenvalue weighted by Gasteiger charge is -2.20. The lowest BCUT2D eigenvalue weighted by Crippen LogP contribution is -2.37. The molecule has 0 aromatic heterocycles. The van der Waals surface area contributed by atoms with Gasteiger partial charge in [-0.15, -0.1) is 0 Å². The molecule has 1 heterocycles. The molecule has 1 aromatic carbocycles. The van der Waals surface area contributed by atoms with E-state index in [9.17, 15) is 9.59 Å². The van der Waals surface area contributed by atoms with E-state index in [1.54, 1.807) is 12.1 Å². The normalized spacial score (nSPS) is 21.4. The maximum Gasteiger partial charge on any atom is 0.251 e. The summed E-state index contributed by atoms with van der Waals surface area (Å²) in [6.45, 7) is 1.68. The number of nitrogens with one attached hydrogen (secondary N) is 3. The molecular formula is C19H27N3O2. The highest BCUT2D eigenvalue weighted by Gasteiger charge is 2.21. The van der Waals surface area contributed by atoms with Crippen LogP contribution < -0.4 is 16.0 Å². The first-order valence-corrected chi connectivity index (χ1v) is 9.15. The molecule has 130 valence electrons. The van der Waals surface area contributed by atoms with Gasteiger partial charge in [0, 0.05) is 29.8 Å². The molecule has 1 atom stereocenters. The molecule has 2 aliphatic rings. The van der Waals surface area contributed by atoms with E-state index in [1.807, 2.05) is 12.1 Å². The Balaban J connectivity index is 1.54. The Bertz CT molecular complexity index is 576. The molecule has 3 N–H and O–H groups in total. The van der Waals surface area contributed by atoms with Gasteiger partial charge in [-0.05, 0) is 50.4 Å². The van der Waals surface area contributed by atoms with Gasteiger partial charge in [-0.25, -0.2) is 0 Å². The van der Waals surface area contributed by atoms with Crippen molar-refractivity contribution in [1.29, 1.82) is 0 Å². The van der Waals surface area contributed by atoms with E-state index in [4.69, 9.17) is 0 Å². The van der Waals surface area contributed by atoms with Gasteiger partial charge in [0.15, 0.2) is 0 Å². The Kier molecular flexibility index (Phi) is 5.86. The minimum atomic E-state index is -0.0857. The van der Waals surface area contributed by atoms with E-state index in [0.29, 0.717) is 23.8 Å². The lowest BCUT2D eigenvalue weighted by molar-refractivity contribution is -0.120. The topological polar surface area (TPSA) is 70.2 Å². The van der Waals surface area contributed by atoms with Crippen LogP contribution in [0.3, 0.4) is 0 Å². The molecule has 0 bridgehead atoms. The Morgan fingerprint density at radius 3 is 2.67 bits per heavy atom. The summed E-state index contributed by atoms with van der Waals surface area (Å²) in [5.74, 6) is 0.115. The molecule has 5 heteroatoms. The number of hydrogen-bond donors (Lipinski definition) is 3. The first-order chi connectivity index (χ1) is 11.7. The maximum atomic E-state index is 12.3. The maximum absolute atomic E-state index is 12.3. The molecule has 0 spiro atoms. The molecule has 1 unspecified atom stereocenters. The van der Waals surface area contributed by atoms with Crippen LogP contribution in [0.4, 0.5) is 5.69 Å². The summed E-state index contributed by atoms with van der Waals surface area (Å²) in [4.78, 5) is 24.6. The summed E-state index contributed by atoms with van der Waals surface area (Å²) in [5, 5.41) is 9.31. The molecular weight excluding hydrogens is 302 g/mol. The molecule has 0 radical (unpaired) electrons. The summed E-state index contributed by atoms with van der Waals surface area (Å²) in [5.41, 5.74) is 1.30. The third-order valence-electron chi connectivity index (χ3n) is 5.04. The molecule has 1 aromatic rings. The van der Waals surface area contributed by atoms with E-state index in [1.165, 1.54) is 12.8 Å². The SMILES string of the molecule is O=C(NCC1CCCN1)c1cccc(NC(=O)C2CCCCC2)c1. The molecule has 2 fully saturated rings. The number of anilines is 1. The minimum absolute atomic E-state index is 0.0856. The molecule has 1 saturated heterocycles. The summed E-state index contributed by atoms with van der Waals surface area (Å²) in [6.07, 6.45) is 7.72. The molecule has 1 aliphatic carbocycles. The summed E-state index contributed by atoms with van der Waals surface area (Å²) >= 11 is 0. The van der Waals surface area contributed by atoms with Crippen molar-refractivity contribution in [3.8, 4) is 0 Å². The summed E-state index contributed by atoms with van der Waals surface area (Å²) in [7, 11) is 0. The van der Waals surface area contributed by atoms with Gasteiger partial charge in [-0.1, -0.05) is 25.3 Å². The van der Waals surface area contributed by atoms with Crippen LogP contribution in [0.2, 0.25) is 0 Å². The van der Waals surface area contributed by atoms with Crippen molar-refractivity contribution < 1.29 is 9.59 Å². The van der Waals surface area contributed by atoms with E-state index in [-0.39, 0.29) is 17.7 Å².